The number of rotatable bonds is 3. The third-order valence-corrected chi connectivity index (χ3v) is 4.12. The van der Waals surface area contributed by atoms with Crippen molar-refractivity contribution in [3.8, 4) is 11.4 Å². The van der Waals surface area contributed by atoms with Crippen molar-refractivity contribution in [1.82, 2.24) is 19.7 Å². The van der Waals surface area contributed by atoms with Gasteiger partial charge in [0.15, 0.2) is 0 Å². The summed E-state index contributed by atoms with van der Waals surface area (Å²) >= 11 is 6.09. The van der Waals surface area contributed by atoms with E-state index in [2.05, 4.69) is 15.6 Å². The molecule has 1 aliphatic rings. The lowest BCUT2D eigenvalue weighted by molar-refractivity contribution is 0.788. The van der Waals surface area contributed by atoms with Crippen molar-refractivity contribution in [2.45, 2.75) is 12.5 Å². The van der Waals surface area contributed by atoms with Gasteiger partial charge in [-0.3, -0.25) is 4.40 Å². The summed E-state index contributed by atoms with van der Waals surface area (Å²) in [5, 5.41) is 7.50. The van der Waals surface area contributed by atoms with Gasteiger partial charge >= 0.3 is 0 Å². The van der Waals surface area contributed by atoms with Crippen LogP contribution in [-0.2, 0) is 0 Å². The molecule has 2 N–H and O–H groups in total. The fraction of sp³-hybridized carbons (Fsp3) is 0.250. The maximum atomic E-state index is 6.09. The van der Waals surface area contributed by atoms with E-state index in [0.29, 0.717) is 11.1 Å². The zero-order valence-electron chi connectivity index (χ0n) is 12.0. The zero-order valence-corrected chi connectivity index (χ0v) is 12.7. The monoisotopic (exact) mass is 313 g/mol. The number of halogens is 1. The van der Waals surface area contributed by atoms with E-state index in [-0.39, 0.29) is 0 Å². The third-order valence-electron chi connectivity index (χ3n) is 3.89. The maximum Gasteiger partial charge on any atom is 0.137 e. The van der Waals surface area contributed by atoms with Gasteiger partial charge in [0.25, 0.3) is 0 Å². The molecule has 5 nitrogen and oxygen atoms in total. The maximum absolute atomic E-state index is 6.09. The summed E-state index contributed by atoms with van der Waals surface area (Å²) in [5.41, 5.74) is 2.68. The van der Waals surface area contributed by atoms with Gasteiger partial charge in [0.2, 0.25) is 0 Å². The van der Waals surface area contributed by atoms with Crippen LogP contribution in [0.3, 0.4) is 0 Å². The van der Waals surface area contributed by atoms with Crippen molar-refractivity contribution >= 4 is 23.1 Å². The molecule has 1 saturated heterocycles. The van der Waals surface area contributed by atoms with E-state index < -0.39 is 0 Å². The average Bonchev–Trinajstić information content (AvgIpc) is 3.16. The molecular weight excluding hydrogens is 298 g/mol. The summed E-state index contributed by atoms with van der Waals surface area (Å²) in [4.78, 5) is 9.12. The Bertz CT molecular complexity index is 807. The zero-order chi connectivity index (χ0) is 14.9. The van der Waals surface area contributed by atoms with E-state index in [9.17, 15) is 0 Å². The molecule has 1 atom stereocenters. The average molecular weight is 314 g/mol. The van der Waals surface area contributed by atoms with Gasteiger partial charge in [-0.2, -0.15) is 0 Å². The molecular formula is C16H16ClN5. The molecule has 4 rings (SSSR count). The molecule has 3 aromatic rings. The topological polar surface area (TPSA) is 54.2 Å². The molecule has 0 unspecified atom stereocenters. The van der Waals surface area contributed by atoms with Gasteiger partial charge < -0.3 is 10.6 Å². The minimum Gasteiger partial charge on any atom is -0.366 e. The van der Waals surface area contributed by atoms with Crippen LogP contribution in [0.1, 0.15) is 6.42 Å². The van der Waals surface area contributed by atoms with E-state index in [1.54, 1.807) is 0 Å². The minimum absolute atomic E-state index is 0.444. The second-order valence-electron chi connectivity index (χ2n) is 5.46. The number of nitrogens with one attached hydrogen (secondary N) is 2. The summed E-state index contributed by atoms with van der Waals surface area (Å²) in [6.07, 6.45) is 4.81. The number of aromatic nitrogens is 3. The van der Waals surface area contributed by atoms with E-state index >= 15 is 0 Å². The lowest BCUT2D eigenvalue weighted by Crippen LogP contribution is -2.22. The second-order valence-corrected chi connectivity index (χ2v) is 5.90. The number of anilines is 1. The molecule has 112 valence electrons. The van der Waals surface area contributed by atoms with Gasteiger partial charge in [0.1, 0.15) is 11.5 Å². The molecule has 6 heteroatoms. The van der Waals surface area contributed by atoms with Crippen molar-refractivity contribution in [1.29, 1.82) is 0 Å². The van der Waals surface area contributed by atoms with Crippen molar-refractivity contribution in [3.63, 3.8) is 0 Å². The van der Waals surface area contributed by atoms with Crippen molar-refractivity contribution in [3.05, 3.63) is 47.7 Å². The highest BCUT2D eigenvalue weighted by atomic mass is 35.5. The van der Waals surface area contributed by atoms with Gasteiger partial charge in [-0.15, -0.1) is 0 Å². The lowest BCUT2D eigenvalue weighted by atomic mass is 10.2. The molecule has 0 bridgehead atoms. The van der Waals surface area contributed by atoms with Crippen LogP contribution in [0, 0.1) is 0 Å². The van der Waals surface area contributed by atoms with Crippen LogP contribution in [0.5, 0.6) is 0 Å². The highest BCUT2D eigenvalue weighted by Gasteiger charge is 2.15. The predicted octanol–water partition coefficient (Wildman–Crippen LogP) is 2.82. The largest absolute Gasteiger partial charge is 0.366 e. The first-order chi connectivity index (χ1) is 10.8. The first-order valence-corrected chi connectivity index (χ1v) is 7.75. The van der Waals surface area contributed by atoms with Gasteiger partial charge in [-0.25, -0.2) is 9.97 Å². The molecule has 0 radical (unpaired) electrons. The normalized spacial score (nSPS) is 18.0. The van der Waals surface area contributed by atoms with Crippen LogP contribution in [0.25, 0.3) is 17.0 Å². The molecule has 1 fully saturated rings. The van der Waals surface area contributed by atoms with Crippen LogP contribution in [0.4, 0.5) is 5.82 Å². The van der Waals surface area contributed by atoms with Crippen LogP contribution in [-0.4, -0.2) is 33.5 Å². The SMILES string of the molecule is Clc1ccc2ncc(-c3cccc(N[C@@H]4CCNC4)n3)n2c1. The first kappa shape index (κ1) is 13.5. The van der Waals surface area contributed by atoms with Crippen LogP contribution < -0.4 is 10.6 Å². The Morgan fingerprint density at radius 3 is 3.09 bits per heavy atom. The number of hydrogen-bond donors (Lipinski definition) is 2. The van der Waals surface area contributed by atoms with Crippen molar-refractivity contribution in [2.24, 2.45) is 0 Å². The Labute approximate surface area is 133 Å². The number of nitrogens with zero attached hydrogens (tertiary/aromatic N) is 3. The fourth-order valence-corrected chi connectivity index (χ4v) is 2.95. The predicted molar refractivity (Wildman–Crippen MR) is 88.3 cm³/mol. The summed E-state index contributed by atoms with van der Waals surface area (Å²) in [7, 11) is 0. The highest BCUT2D eigenvalue weighted by Crippen LogP contribution is 2.22. The standard InChI is InChI=1S/C16H16ClN5/c17-11-4-5-16-19-9-14(22(16)10-11)13-2-1-3-15(21-13)20-12-6-7-18-8-12/h1-5,9-10,12,18H,6-8H2,(H,20,21)/t12-/m1/s1. The van der Waals surface area contributed by atoms with Crippen molar-refractivity contribution in [2.75, 3.05) is 18.4 Å². The molecule has 1 aliphatic heterocycles. The summed E-state index contributed by atoms with van der Waals surface area (Å²) in [5.74, 6) is 0.892. The first-order valence-electron chi connectivity index (χ1n) is 7.37. The Morgan fingerprint density at radius 1 is 1.27 bits per heavy atom. The highest BCUT2D eigenvalue weighted by molar-refractivity contribution is 6.30. The van der Waals surface area contributed by atoms with Crippen LogP contribution in [0.15, 0.2) is 42.7 Å². The Morgan fingerprint density at radius 2 is 2.23 bits per heavy atom. The number of hydrogen-bond acceptors (Lipinski definition) is 4. The summed E-state index contributed by atoms with van der Waals surface area (Å²) in [6, 6.07) is 10.2. The molecule has 0 aromatic carbocycles. The second kappa shape index (κ2) is 5.59. The van der Waals surface area contributed by atoms with Gasteiger partial charge in [0, 0.05) is 18.8 Å². The smallest absolute Gasteiger partial charge is 0.137 e. The molecule has 0 saturated carbocycles. The third kappa shape index (κ3) is 2.53. The van der Waals surface area contributed by atoms with Gasteiger partial charge in [-0.1, -0.05) is 17.7 Å². The summed E-state index contributed by atoms with van der Waals surface area (Å²) in [6.45, 7) is 2.04. The Balaban J connectivity index is 1.70. The molecule has 22 heavy (non-hydrogen) atoms. The number of imidazole rings is 1. The molecule has 3 aromatic heterocycles. The summed E-state index contributed by atoms with van der Waals surface area (Å²) < 4.78 is 1.96. The van der Waals surface area contributed by atoms with Crippen LogP contribution >= 0.6 is 11.6 Å². The van der Waals surface area contributed by atoms with Gasteiger partial charge in [-0.05, 0) is 37.2 Å². The molecule has 4 heterocycles. The number of pyridine rings is 2. The quantitative estimate of drug-likeness (QED) is 0.781. The van der Waals surface area contributed by atoms with E-state index in [4.69, 9.17) is 16.6 Å². The number of fused-ring (bicyclic) bond motifs is 1. The van der Waals surface area contributed by atoms with Crippen LogP contribution in [0.2, 0.25) is 5.02 Å². The van der Waals surface area contributed by atoms with E-state index in [1.165, 1.54) is 0 Å². The molecule has 0 spiro atoms. The van der Waals surface area contributed by atoms with Gasteiger partial charge in [0.05, 0.1) is 22.6 Å². The Kier molecular flexibility index (Phi) is 3.44. The molecule has 0 aliphatic carbocycles. The van der Waals surface area contributed by atoms with Crippen molar-refractivity contribution < 1.29 is 0 Å². The van der Waals surface area contributed by atoms with E-state index in [1.807, 2.05) is 47.1 Å². The lowest BCUT2D eigenvalue weighted by Gasteiger charge is -2.12. The minimum atomic E-state index is 0.444. The molecule has 0 amide bonds. The Hall–Kier alpha value is -2.11. The fourth-order valence-electron chi connectivity index (χ4n) is 2.79. The van der Waals surface area contributed by atoms with E-state index in [0.717, 1.165) is 42.4 Å².